The molecule has 1 aromatic carbocycles. The van der Waals surface area contributed by atoms with Crippen LogP contribution in [0.25, 0.3) is 0 Å². The van der Waals surface area contributed by atoms with Crippen molar-refractivity contribution in [3.05, 3.63) is 29.6 Å². The van der Waals surface area contributed by atoms with E-state index in [1.807, 2.05) is 6.07 Å². The fourth-order valence-electron chi connectivity index (χ4n) is 3.14. The molecule has 0 radical (unpaired) electrons. The number of halogens is 3. The number of nitrogens with one attached hydrogen (secondary N) is 1. The third-order valence-electron chi connectivity index (χ3n) is 4.41. The first-order chi connectivity index (χ1) is 9.79. The largest absolute Gasteiger partial charge is 0.493 e. The van der Waals surface area contributed by atoms with E-state index in [9.17, 15) is 4.39 Å². The fourth-order valence-corrected chi connectivity index (χ4v) is 3.14. The van der Waals surface area contributed by atoms with Crippen LogP contribution >= 0.6 is 24.8 Å². The maximum Gasteiger partial charge on any atom is 0.165 e. The predicted octanol–water partition coefficient (Wildman–Crippen LogP) is 3.42. The van der Waals surface area contributed by atoms with Crippen LogP contribution in [0.5, 0.6) is 5.75 Å². The van der Waals surface area contributed by atoms with Gasteiger partial charge in [0, 0.05) is 37.8 Å². The van der Waals surface area contributed by atoms with Gasteiger partial charge in [-0.1, -0.05) is 25.0 Å². The van der Waals surface area contributed by atoms with E-state index in [4.69, 9.17) is 4.74 Å². The average Bonchev–Trinajstić information content (AvgIpc) is 3.29. The molecule has 0 bridgehead atoms. The Bertz CT molecular complexity index is 465. The molecule has 3 nitrogen and oxygen atoms in total. The molecule has 6 heteroatoms. The van der Waals surface area contributed by atoms with Gasteiger partial charge in [0.25, 0.3) is 0 Å². The van der Waals surface area contributed by atoms with E-state index < -0.39 is 0 Å². The van der Waals surface area contributed by atoms with Crippen LogP contribution in [0.4, 0.5) is 4.39 Å². The lowest BCUT2D eigenvalue weighted by Crippen LogP contribution is -2.45. The highest BCUT2D eigenvalue weighted by Gasteiger charge is 2.32. The molecule has 1 aliphatic heterocycles. The maximum atomic E-state index is 14.0. The minimum Gasteiger partial charge on any atom is -0.493 e. The number of rotatable bonds is 5. The summed E-state index contributed by atoms with van der Waals surface area (Å²) >= 11 is 0. The highest BCUT2D eigenvalue weighted by atomic mass is 35.5. The summed E-state index contributed by atoms with van der Waals surface area (Å²) in [6, 6.07) is 5.59. The topological polar surface area (TPSA) is 24.5 Å². The van der Waals surface area contributed by atoms with Gasteiger partial charge in [-0.2, -0.15) is 0 Å². The zero-order valence-electron chi connectivity index (χ0n) is 12.9. The number of methoxy groups -OCH3 is 1. The van der Waals surface area contributed by atoms with Gasteiger partial charge in [0.2, 0.25) is 0 Å². The van der Waals surface area contributed by atoms with E-state index in [0.717, 1.165) is 44.1 Å². The van der Waals surface area contributed by atoms with Gasteiger partial charge in [-0.3, -0.25) is 4.90 Å². The lowest BCUT2D eigenvalue weighted by atomic mass is 9.97. The first-order valence-corrected chi connectivity index (χ1v) is 7.56. The summed E-state index contributed by atoms with van der Waals surface area (Å²) in [4.78, 5) is 2.48. The monoisotopic (exact) mass is 350 g/mol. The van der Waals surface area contributed by atoms with E-state index in [-0.39, 0.29) is 36.7 Å². The van der Waals surface area contributed by atoms with Crippen molar-refractivity contribution in [3.8, 4) is 5.75 Å². The smallest absolute Gasteiger partial charge is 0.165 e. The van der Waals surface area contributed by atoms with Crippen molar-refractivity contribution in [1.82, 2.24) is 10.2 Å². The Kier molecular flexibility index (Phi) is 7.90. The van der Waals surface area contributed by atoms with Gasteiger partial charge < -0.3 is 10.1 Å². The third kappa shape index (κ3) is 4.48. The summed E-state index contributed by atoms with van der Waals surface area (Å²) in [7, 11) is 1.56. The van der Waals surface area contributed by atoms with Gasteiger partial charge in [0.1, 0.15) is 0 Å². The highest BCUT2D eigenvalue weighted by molar-refractivity contribution is 5.85. The Balaban J connectivity index is 0.00000121. The molecule has 0 spiro atoms. The second-order valence-electron chi connectivity index (χ2n) is 5.84. The molecule has 2 fully saturated rings. The molecule has 1 heterocycles. The van der Waals surface area contributed by atoms with Gasteiger partial charge >= 0.3 is 0 Å². The number of nitrogens with zero attached hydrogens (tertiary/aromatic N) is 1. The van der Waals surface area contributed by atoms with Crippen molar-refractivity contribution < 1.29 is 9.13 Å². The lowest BCUT2D eigenvalue weighted by molar-refractivity contribution is 0.157. The molecule has 0 aromatic heterocycles. The summed E-state index contributed by atoms with van der Waals surface area (Å²) in [6.07, 6.45) is 3.76. The molecule has 1 aliphatic carbocycles. The minimum absolute atomic E-state index is 0. The van der Waals surface area contributed by atoms with Crippen molar-refractivity contribution >= 4 is 24.8 Å². The third-order valence-corrected chi connectivity index (χ3v) is 4.41. The first kappa shape index (κ1) is 19.5. The Morgan fingerprint density at radius 3 is 2.55 bits per heavy atom. The van der Waals surface area contributed by atoms with Gasteiger partial charge in [-0.05, 0) is 18.4 Å². The Morgan fingerprint density at radius 2 is 1.95 bits per heavy atom. The van der Waals surface area contributed by atoms with Crippen molar-refractivity contribution in [2.75, 3.05) is 33.3 Å². The molecule has 2 aliphatic rings. The van der Waals surface area contributed by atoms with Crippen LogP contribution in [0.15, 0.2) is 18.2 Å². The number of hydrogen-bond donors (Lipinski definition) is 1. The van der Waals surface area contributed by atoms with Crippen molar-refractivity contribution in [2.45, 2.75) is 25.3 Å². The number of para-hydroxylation sites is 1. The minimum atomic E-state index is -0.249. The van der Waals surface area contributed by atoms with Crippen LogP contribution in [-0.4, -0.2) is 38.2 Å². The average molecular weight is 351 g/mol. The zero-order chi connectivity index (χ0) is 13.9. The second-order valence-corrected chi connectivity index (χ2v) is 5.84. The van der Waals surface area contributed by atoms with Gasteiger partial charge in [-0.15, -0.1) is 24.8 Å². The molecular weight excluding hydrogens is 326 g/mol. The SMILES string of the molecule is COc1c(F)cccc1[C@@H](CC1CC1)N1CCNCC1.Cl.Cl. The summed E-state index contributed by atoms with van der Waals surface area (Å²) in [5, 5.41) is 3.38. The lowest BCUT2D eigenvalue weighted by Gasteiger charge is -2.36. The quantitative estimate of drug-likeness (QED) is 0.880. The van der Waals surface area contributed by atoms with Gasteiger partial charge in [0.15, 0.2) is 11.6 Å². The molecule has 22 heavy (non-hydrogen) atoms. The van der Waals surface area contributed by atoms with Crippen LogP contribution in [-0.2, 0) is 0 Å². The van der Waals surface area contributed by atoms with Crippen molar-refractivity contribution in [2.24, 2.45) is 5.92 Å². The van der Waals surface area contributed by atoms with Gasteiger partial charge in [-0.25, -0.2) is 4.39 Å². The normalized spacial score (nSPS) is 19.7. The molecule has 1 N–H and O–H groups in total. The molecule has 1 atom stereocenters. The Hall–Kier alpha value is -0.550. The van der Waals surface area contributed by atoms with Crippen LogP contribution in [0.1, 0.15) is 30.9 Å². The van der Waals surface area contributed by atoms with Crippen molar-refractivity contribution in [3.63, 3.8) is 0 Å². The van der Waals surface area contributed by atoms with Crippen molar-refractivity contribution in [1.29, 1.82) is 0 Å². The summed E-state index contributed by atoms with van der Waals surface area (Å²) < 4.78 is 19.3. The number of ether oxygens (including phenoxy) is 1. The van der Waals surface area contributed by atoms with E-state index in [1.165, 1.54) is 18.9 Å². The molecule has 126 valence electrons. The molecule has 1 saturated carbocycles. The van der Waals surface area contributed by atoms with Crippen LogP contribution in [0, 0.1) is 11.7 Å². The predicted molar refractivity (Wildman–Crippen MR) is 92.0 cm³/mol. The molecule has 3 rings (SSSR count). The molecule has 0 unspecified atom stereocenters. The molecule has 0 amide bonds. The van der Waals surface area contributed by atoms with Gasteiger partial charge in [0.05, 0.1) is 7.11 Å². The fraction of sp³-hybridized carbons (Fsp3) is 0.625. The highest BCUT2D eigenvalue weighted by Crippen LogP contribution is 2.42. The molecule has 1 saturated heterocycles. The summed E-state index contributed by atoms with van der Waals surface area (Å²) in [5.74, 6) is 0.987. The van der Waals surface area contributed by atoms with Crippen LogP contribution in [0.2, 0.25) is 0 Å². The number of piperazine rings is 1. The Labute approximate surface area is 144 Å². The Morgan fingerprint density at radius 1 is 1.27 bits per heavy atom. The summed E-state index contributed by atoms with van der Waals surface area (Å²) in [6.45, 7) is 4.08. The van der Waals surface area contributed by atoms with Crippen LogP contribution < -0.4 is 10.1 Å². The molecule has 1 aromatic rings. The summed E-state index contributed by atoms with van der Waals surface area (Å²) in [5.41, 5.74) is 1.02. The number of benzene rings is 1. The standard InChI is InChI=1S/C16H23FN2O.2ClH/c1-20-16-13(3-2-4-14(16)17)15(11-12-5-6-12)19-9-7-18-8-10-19;;/h2-4,12,15,18H,5-11H2,1H3;2*1H/t15-;;/m1../s1. The van der Waals surface area contributed by atoms with E-state index >= 15 is 0 Å². The second kappa shape index (κ2) is 8.92. The maximum absolute atomic E-state index is 14.0. The van der Waals surface area contributed by atoms with E-state index in [2.05, 4.69) is 10.2 Å². The number of hydrogen-bond acceptors (Lipinski definition) is 3. The van der Waals surface area contributed by atoms with Crippen LogP contribution in [0.3, 0.4) is 0 Å². The van der Waals surface area contributed by atoms with E-state index in [1.54, 1.807) is 13.2 Å². The van der Waals surface area contributed by atoms with E-state index in [0.29, 0.717) is 5.75 Å². The molecular formula is C16H25Cl2FN2O. The first-order valence-electron chi connectivity index (χ1n) is 7.56. The zero-order valence-corrected chi connectivity index (χ0v) is 14.5.